The average molecular weight is 213 g/mol. The Kier molecular flexibility index (Phi) is 3.28. The lowest BCUT2D eigenvalue weighted by Gasteiger charge is -2.00. The molecule has 1 heterocycles. The molecule has 0 unspecified atom stereocenters. The maximum absolute atomic E-state index is 9.02. The summed E-state index contributed by atoms with van der Waals surface area (Å²) in [6.07, 6.45) is 3.88. The molecule has 0 spiro atoms. The molecule has 3 heteroatoms. The van der Waals surface area contributed by atoms with Gasteiger partial charge in [-0.3, -0.25) is 0 Å². The van der Waals surface area contributed by atoms with Gasteiger partial charge in [0.05, 0.1) is 0 Å². The highest BCUT2D eigenvalue weighted by atomic mass is 16.4. The Balaban J connectivity index is 2.20. The monoisotopic (exact) mass is 213 g/mol. The maximum Gasteiger partial charge on any atom is 0.194 e. The van der Waals surface area contributed by atoms with Gasteiger partial charge in [-0.2, -0.15) is 4.57 Å². The van der Waals surface area contributed by atoms with Gasteiger partial charge in [-0.25, -0.2) is 0 Å². The number of hydrogen-bond donors (Lipinski definition) is 1. The number of aromatic nitrogens is 1. The lowest BCUT2D eigenvalue weighted by Crippen LogP contribution is -2.37. The van der Waals surface area contributed by atoms with Crippen LogP contribution in [-0.4, -0.2) is 10.9 Å². The van der Waals surface area contributed by atoms with Crippen molar-refractivity contribution in [1.29, 1.82) is 0 Å². The van der Waals surface area contributed by atoms with Gasteiger partial charge in [-0.15, -0.1) is 0 Å². The van der Waals surface area contributed by atoms with Gasteiger partial charge in [0.2, 0.25) is 0 Å². The molecule has 0 aliphatic heterocycles. The normalized spacial score (nSPS) is 11.4. The van der Waals surface area contributed by atoms with Crippen LogP contribution in [0.4, 0.5) is 0 Å². The molecule has 0 radical (unpaired) electrons. The third kappa shape index (κ3) is 2.45. The summed E-state index contributed by atoms with van der Waals surface area (Å²) >= 11 is 0. The molecule has 1 N–H and O–H groups in total. The van der Waals surface area contributed by atoms with E-state index in [0.29, 0.717) is 12.3 Å². The third-order valence-electron chi connectivity index (χ3n) is 2.34. The maximum atomic E-state index is 9.02. The lowest BCUT2D eigenvalue weighted by molar-refractivity contribution is -0.681. The molecule has 0 fully saturated rings. The number of benzene rings is 1. The van der Waals surface area contributed by atoms with Crippen molar-refractivity contribution in [1.82, 2.24) is 0 Å². The van der Waals surface area contributed by atoms with E-state index in [1.807, 2.05) is 65.5 Å². The van der Waals surface area contributed by atoms with Crippen LogP contribution in [0.1, 0.15) is 5.56 Å². The molecule has 1 aromatic heterocycles. The van der Waals surface area contributed by atoms with Gasteiger partial charge < -0.3 is 5.21 Å². The van der Waals surface area contributed by atoms with Crippen LogP contribution in [0.25, 0.3) is 0 Å². The fraction of sp³-hybridized carbons (Fsp3) is 0.0769. The Morgan fingerprint density at radius 1 is 1.00 bits per heavy atom. The van der Waals surface area contributed by atoms with Gasteiger partial charge in [-0.05, 0) is 0 Å². The Bertz CT molecular complexity index is 466. The van der Waals surface area contributed by atoms with Crippen LogP contribution in [0.5, 0.6) is 0 Å². The Morgan fingerprint density at radius 2 is 1.62 bits per heavy atom. The van der Waals surface area contributed by atoms with E-state index in [1.54, 1.807) is 0 Å². The zero-order valence-corrected chi connectivity index (χ0v) is 8.82. The van der Waals surface area contributed by atoms with Crippen LogP contribution >= 0.6 is 0 Å². The predicted molar refractivity (Wildman–Crippen MR) is 61.4 cm³/mol. The first-order valence-corrected chi connectivity index (χ1v) is 5.10. The van der Waals surface area contributed by atoms with Gasteiger partial charge in [0, 0.05) is 17.7 Å². The molecule has 0 bridgehead atoms. The molecule has 0 aliphatic rings. The number of rotatable bonds is 3. The minimum absolute atomic E-state index is 0.557. The molecule has 3 nitrogen and oxygen atoms in total. The molecular weight excluding hydrogens is 200 g/mol. The van der Waals surface area contributed by atoms with Gasteiger partial charge >= 0.3 is 0 Å². The molecule has 0 saturated heterocycles. The first-order chi connectivity index (χ1) is 7.90. The van der Waals surface area contributed by atoms with Crippen LogP contribution in [-0.2, 0) is 6.54 Å². The summed E-state index contributed by atoms with van der Waals surface area (Å²) in [5.41, 5.74) is 1.58. The van der Waals surface area contributed by atoms with Crippen LogP contribution in [0.3, 0.4) is 0 Å². The highest BCUT2D eigenvalue weighted by Gasteiger charge is 2.09. The Hall–Kier alpha value is -2.16. The molecule has 16 heavy (non-hydrogen) atoms. The number of oxime groups is 1. The number of pyridine rings is 1. The summed E-state index contributed by atoms with van der Waals surface area (Å²) in [5, 5.41) is 12.4. The molecule has 0 aliphatic carbocycles. The van der Waals surface area contributed by atoms with E-state index in [0.717, 1.165) is 5.56 Å². The largest absolute Gasteiger partial charge is 0.410 e. The summed E-state index contributed by atoms with van der Waals surface area (Å²) < 4.78 is 1.96. The van der Waals surface area contributed by atoms with Gasteiger partial charge in [-0.1, -0.05) is 41.6 Å². The van der Waals surface area contributed by atoms with Crippen LogP contribution in [0.15, 0.2) is 66.1 Å². The fourth-order valence-corrected chi connectivity index (χ4v) is 1.52. The summed E-state index contributed by atoms with van der Waals surface area (Å²) in [4.78, 5) is 0. The summed E-state index contributed by atoms with van der Waals surface area (Å²) in [5.74, 6) is 0. The van der Waals surface area contributed by atoms with E-state index in [4.69, 9.17) is 5.21 Å². The molecule has 0 amide bonds. The van der Waals surface area contributed by atoms with Gasteiger partial charge in [0.15, 0.2) is 24.7 Å². The molecular formula is C13H13N2O+. The quantitative estimate of drug-likeness (QED) is 0.359. The second kappa shape index (κ2) is 5.07. The Labute approximate surface area is 94.3 Å². The van der Waals surface area contributed by atoms with Crippen molar-refractivity contribution in [3.8, 4) is 0 Å². The van der Waals surface area contributed by atoms with E-state index in [1.165, 1.54) is 0 Å². The topological polar surface area (TPSA) is 36.5 Å². The van der Waals surface area contributed by atoms with E-state index >= 15 is 0 Å². The number of hydrogen-bond acceptors (Lipinski definition) is 2. The summed E-state index contributed by atoms with van der Waals surface area (Å²) in [6, 6.07) is 15.5. The van der Waals surface area contributed by atoms with Gasteiger partial charge in [0.1, 0.15) is 0 Å². The second-order valence-corrected chi connectivity index (χ2v) is 3.46. The van der Waals surface area contributed by atoms with Crippen molar-refractivity contribution < 1.29 is 9.77 Å². The van der Waals surface area contributed by atoms with Crippen LogP contribution < -0.4 is 4.57 Å². The molecule has 2 aromatic rings. The fourth-order valence-electron chi connectivity index (χ4n) is 1.52. The average Bonchev–Trinajstić information content (AvgIpc) is 2.38. The predicted octanol–water partition coefficient (Wildman–Crippen LogP) is 1.85. The number of nitrogens with zero attached hydrogens (tertiary/aromatic N) is 2. The third-order valence-corrected chi connectivity index (χ3v) is 2.34. The minimum Gasteiger partial charge on any atom is -0.410 e. The zero-order chi connectivity index (χ0) is 11.2. The first-order valence-electron chi connectivity index (χ1n) is 5.10. The van der Waals surface area contributed by atoms with Crippen LogP contribution in [0.2, 0.25) is 0 Å². The van der Waals surface area contributed by atoms with E-state index < -0.39 is 0 Å². The zero-order valence-electron chi connectivity index (χ0n) is 8.82. The lowest BCUT2D eigenvalue weighted by atomic mass is 10.1. The molecule has 0 atom stereocenters. The minimum atomic E-state index is 0.557. The van der Waals surface area contributed by atoms with Crippen molar-refractivity contribution in [3.63, 3.8) is 0 Å². The van der Waals surface area contributed by atoms with Crippen molar-refractivity contribution >= 4 is 5.71 Å². The summed E-state index contributed by atoms with van der Waals surface area (Å²) in [6.45, 7) is 0.557. The van der Waals surface area contributed by atoms with Crippen molar-refractivity contribution in [2.24, 2.45) is 5.16 Å². The first kappa shape index (κ1) is 10.4. The second-order valence-electron chi connectivity index (χ2n) is 3.46. The standard InChI is InChI=1S/C13H12N2O/c16-14-13(12-7-3-1-4-8-12)11-15-9-5-2-6-10-15/h1-10H,11H2/p+1. The molecule has 2 rings (SSSR count). The SMILES string of the molecule is ON=C(C[n+]1ccccc1)c1ccccc1. The highest BCUT2D eigenvalue weighted by Crippen LogP contribution is 2.01. The molecule has 0 saturated carbocycles. The highest BCUT2D eigenvalue weighted by molar-refractivity contribution is 5.99. The van der Waals surface area contributed by atoms with Crippen molar-refractivity contribution in [2.45, 2.75) is 6.54 Å². The van der Waals surface area contributed by atoms with Crippen LogP contribution in [0, 0.1) is 0 Å². The van der Waals surface area contributed by atoms with E-state index in [-0.39, 0.29) is 0 Å². The van der Waals surface area contributed by atoms with Gasteiger partial charge in [0.25, 0.3) is 0 Å². The van der Waals surface area contributed by atoms with E-state index in [2.05, 4.69) is 5.16 Å². The molecule has 1 aromatic carbocycles. The van der Waals surface area contributed by atoms with Crippen molar-refractivity contribution in [3.05, 3.63) is 66.5 Å². The van der Waals surface area contributed by atoms with Crippen molar-refractivity contribution in [2.75, 3.05) is 0 Å². The summed E-state index contributed by atoms with van der Waals surface area (Å²) in [7, 11) is 0. The Morgan fingerprint density at radius 3 is 2.25 bits per heavy atom. The smallest absolute Gasteiger partial charge is 0.194 e. The van der Waals surface area contributed by atoms with E-state index in [9.17, 15) is 0 Å². The molecule has 80 valence electrons.